The molecule has 0 aliphatic carbocycles. The summed E-state index contributed by atoms with van der Waals surface area (Å²) < 4.78 is 0. The van der Waals surface area contributed by atoms with E-state index < -0.39 is 0 Å². The molecule has 0 saturated heterocycles. The highest BCUT2D eigenvalue weighted by atomic mass is 32.2. The van der Waals surface area contributed by atoms with Crippen molar-refractivity contribution in [3.05, 3.63) is 29.8 Å². The zero-order chi connectivity index (χ0) is 11.0. The number of aromatic amines is 1. The predicted molar refractivity (Wildman–Crippen MR) is 70.1 cm³/mol. The van der Waals surface area contributed by atoms with Crippen molar-refractivity contribution >= 4 is 22.7 Å². The minimum absolute atomic E-state index is 0.650. The van der Waals surface area contributed by atoms with Crippen molar-refractivity contribution in [2.24, 2.45) is 5.73 Å². The molecule has 0 spiro atoms. The number of hydrogen-bond donors (Lipinski definition) is 2. The number of fused-ring (bicyclic) bond motifs is 3. The van der Waals surface area contributed by atoms with Gasteiger partial charge in [0.25, 0.3) is 0 Å². The number of nitrogens with two attached hydrogens (primary N) is 1. The molecular formula is C13H16N2S. The summed E-state index contributed by atoms with van der Waals surface area (Å²) in [5.74, 6) is 1.86. The first-order chi connectivity index (χ1) is 7.90. The second-order valence-electron chi connectivity index (χ2n) is 4.32. The Morgan fingerprint density at radius 3 is 3.12 bits per heavy atom. The van der Waals surface area contributed by atoms with Gasteiger partial charge in [0.05, 0.1) is 5.03 Å². The van der Waals surface area contributed by atoms with Crippen molar-refractivity contribution in [2.45, 2.75) is 23.8 Å². The van der Waals surface area contributed by atoms with Gasteiger partial charge in [-0.1, -0.05) is 18.2 Å². The molecule has 1 aliphatic rings. The van der Waals surface area contributed by atoms with Gasteiger partial charge in [0.15, 0.2) is 0 Å². The fraction of sp³-hybridized carbons (Fsp3) is 0.385. The lowest BCUT2D eigenvalue weighted by Crippen LogP contribution is -2.11. The number of hydrogen-bond acceptors (Lipinski definition) is 2. The first-order valence-corrected chi connectivity index (χ1v) is 6.82. The summed E-state index contributed by atoms with van der Waals surface area (Å²) >= 11 is 1.95. The quantitative estimate of drug-likeness (QED) is 0.835. The maximum atomic E-state index is 5.71. The molecule has 0 amide bonds. The van der Waals surface area contributed by atoms with Crippen molar-refractivity contribution in [3.8, 4) is 0 Å². The van der Waals surface area contributed by atoms with Crippen LogP contribution in [-0.4, -0.2) is 17.3 Å². The molecule has 0 radical (unpaired) electrons. The van der Waals surface area contributed by atoms with Gasteiger partial charge < -0.3 is 10.7 Å². The van der Waals surface area contributed by atoms with Crippen LogP contribution in [0.3, 0.4) is 0 Å². The molecule has 3 rings (SSSR count). The van der Waals surface area contributed by atoms with E-state index >= 15 is 0 Å². The first kappa shape index (κ1) is 10.2. The Bertz CT molecular complexity index is 504. The topological polar surface area (TPSA) is 41.8 Å². The molecule has 1 atom stereocenters. The lowest BCUT2D eigenvalue weighted by atomic mass is 9.92. The van der Waals surface area contributed by atoms with Crippen LogP contribution in [0.4, 0.5) is 0 Å². The van der Waals surface area contributed by atoms with Gasteiger partial charge in [-0.05, 0) is 36.9 Å². The smallest absolute Gasteiger partial charge is 0.0768 e. The van der Waals surface area contributed by atoms with Crippen molar-refractivity contribution in [1.82, 2.24) is 4.98 Å². The van der Waals surface area contributed by atoms with E-state index in [9.17, 15) is 0 Å². The van der Waals surface area contributed by atoms with E-state index in [1.54, 1.807) is 0 Å². The maximum absolute atomic E-state index is 5.71. The summed E-state index contributed by atoms with van der Waals surface area (Å²) in [5, 5.41) is 2.76. The maximum Gasteiger partial charge on any atom is 0.0768 e. The molecule has 1 unspecified atom stereocenters. The second kappa shape index (κ2) is 4.15. The van der Waals surface area contributed by atoms with Gasteiger partial charge in [-0.2, -0.15) is 0 Å². The Labute approximate surface area is 99.6 Å². The van der Waals surface area contributed by atoms with Crippen molar-refractivity contribution < 1.29 is 0 Å². The van der Waals surface area contributed by atoms with Crippen LogP contribution in [0, 0.1) is 0 Å². The fourth-order valence-electron chi connectivity index (χ4n) is 2.60. The number of thioether (sulfide) groups is 1. The third kappa shape index (κ3) is 1.55. The molecule has 3 heteroatoms. The zero-order valence-electron chi connectivity index (χ0n) is 9.20. The molecule has 2 aromatic rings. The summed E-state index contributed by atoms with van der Waals surface area (Å²) in [5.41, 5.74) is 8.49. The molecule has 16 heavy (non-hydrogen) atoms. The van der Waals surface area contributed by atoms with Gasteiger partial charge >= 0.3 is 0 Å². The SMILES string of the molecule is NCCC1CCSc2[nH]c3ccccc3c21. The number of nitrogens with one attached hydrogen (secondary N) is 1. The fourth-order valence-corrected chi connectivity index (χ4v) is 3.82. The second-order valence-corrected chi connectivity index (χ2v) is 5.43. The Kier molecular flexibility index (Phi) is 2.65. The van der Waals surface area contributed by atoms with Gasteiger partial charge in [0.1, 0.15) is 0 Å². The molecule has 3 N–H and O–H groups in total. The van der Waals surface area contributed by atoms with E-state index in [0.717, 1.165) is 13.0 Å². The lowest BCUT2D eigenvalue weighted by molar-refractivity contribution is 0.604. The van der Waals surface area contributed by atoms with Crippen LogP contribution in [0.15, 0.2) is 29.3 Å². The van der Waals surface area contributed by atoms with Crippen molar-refractivity contribution in [3.63, 3.8) is 0 Å². The van der Waals surface area contributed by atoms with Gasteiger partial charge in [0.2, 0.25) is 0 Å². The molecule has 2 heterocycles. The Balaban J connectivity index is 2.16. The molecule has 1 aliphatic heterocycles. The van der Waals surface area contributed by atoms with Crippen molar-refractivity contribution in [1.29, 1.82) is 0 Å². The average molecular weight is 232 g/mol. The molecule has 84 valence electrons. The predicted octanol–water partition coefficient (Wildman–Crippen LogP) is 3.10. The molecule has 1 aromatic carbocycles. The normalized spacial score (nSPS) is 19.9. The monoisotopic (exact) mass is 232 g/mol. The van der Waals surface area contributed by atoms with E-state index in [0.29, 0.717) is 5.92 Å². The van der Waals surface area contributed by atoms with Gasteiger partial charge in [-0.15, -0.1) is 11.8 Å². The summed E-state index contributed by atoms with van der Waals surface area (Å²) in [6.45, 7) is 0.786. The molecular weight excluding hydrogens is 216 g/mol. The van der Waals surface area contributed by atoms with E-state index in [-0.39, 0.29) is 0 Å². The largest absolute Gasteiger partial charge is 0.349 e. The third-order valence-electron chi connectivity index (χ3n) is 3.35. The summed E-state index contributed by atoms with van der Waals surface area (Å²) in [4.78, 5) is 3.53. The number of benzene rings is 1. The van der Waals surface area contributed by atoms with E-state index in [1.807, 2.05) is 11.8 Å². The minimum Gasteiger partial charge on any atom is -0.349 e. The van der Waals surface area contributed by atoms with Crippen LogP contribution in [0.5, 0.6) is 0 Å². The Morgan fingerprint density at radius 2 is 2.25 bits per heavy atom. The summed E-state index contributed by atoms with van der Waals surface area (Å²) in [6.07, 6.45) is 2.37. The standard InChI is InChI=1S/C13H16N2S/c14-7-5-9-6-8-16-13-12(9)10-3-1-2-4-11(10)15-13/h1-4,9,15H,5-8,14H2. The summed E-state index contributed by atoms with van der Waals surface area (Å²) in [7, 11) is 0. The van der Waals surface area contributed by atoms with E-state index in [1.165, 1.54) is 33.7 Å². The molecule has 0 bridgehead atoms. The van der Waals surface area contributed by atoms with E-state index in [2.05, 4.69) is 29.2 Å². The van der Waals surface area contributed by atoms with Crippen LogP contribution >= 0.6 is 11.8 Å². The molecule has 0 saturated carbocycles. The highest BCUT2D eigenvalue weighted by molar-refractivity contribution is 7.99. The first-order valence-electron chi connectivity index (χ1n) is 5.83. The zero-order valence-corrected chi connectivity index (χ0v) is 10.0. The minimum atomic E-state index is 0.650. The Hall–Kier alpha value is -0.930. The third-order valence-corrected chi connectivity index (χ3v) is 4.40. The number of aromatic nitrogens is 1. The number of rotatable bonds is 2. The highest BCUT2D eigenvalue weighted by Gasteiger charge is 2.24. The number of para-hydroxylation sites is 1. The van der Waals surface area contributed by atoms with Gasteiger partial charge in [-0.25, -0.2) is 0 Å². The van der Waals surface area contributed by atoms with Crippen LogP contribution in [-0.2, 0) is 0 Å². The van der Waals surface area contributed by atoms with Crippen molar-refractivity contribution in [2.75, 3.05) is 12.3 Å². The van der Waals surface area contributed by atoms with Crippen LogP contribution in [0.2, 0.25) is 0 Å². The van der Waals surface area contributed by atoms with Crippen LogP contribution in [0.1, 0.15) is 24.3 Å². The van der Waals surface area contributed by atoms with Crippen LogP contribution in [0.25, 0.3) is 10.9 Å². The van der Waals surface area contributed by atoms with Crippen LogP contribution < -0.4 is 5.73 Å². The van der Waals surface area contributed by atoms with E-state index in [4.69, 9.17) is 5.73 Å². The molecule has 1 aromatic heterocycles. The lowest BCUT2D eigenvalue weighted by Gasteiger charge is -2.21. The average Bonchev–Trinajstić information content (AvgIpc) is 2.68. The van der Waals surface area contributed by atoms with Gasteiger partial charge in [0, 0.05) is 16.7 Å². The van der Waals surface area contributed by atoms with Gasteiger partial charge in [-0.3, -0.25) is 0 Å². The summed E-state index contributed by atoms with van der Waals surface area (Å²) in [6, 6.07) is 8.59. The molecule has 2 nitrogen and oxygen atoms in total. The number of H-pyrrole nitrogens is 1. The Morgan fingerprint density at radius 1 is 1.38 bits per heavy atom. The molecule has 0 fully saturated rings. The highest BCUT2D eigenvalue weighted by Crippen LogP contribution is 2.42.